The Morgan fingerprint density at radius 3 is 2.62 bits per heavy atom. The molecule has 1 aromatic heterocycles. The number of carbonyl (C=O) groups excluding carboxylic acids is 2. The molecule has 2 aromatic rings. The van der Waals surface area contributed by atoms with Gasteiger partial charge in [0.15, 0.2) is 6.61 Å². The van der Waals surface area contributed by atoms with Crippen molar-refractivity contribution in [1.29, 1.82) is 5.26 Å². The van der Waals surface area contributed by atoms with Crippen molar-refractivity contribution in [1.82, 2.24) is 0 Å². The second-order valence-corrected chi connectivity index (χ2v) is 4.86. The maximum atomic E-state index is 11.8. The molecular weight excluding hydrogens is 308 g/mol. The lowest BCUT2D eigenvalue weighted by Gasteiger charge is -2.06. The van der Waals surface area contributed by atoms with Crippen LogP contribution in [0.2, 0.25) is 0 Å². The number of nitrogens with zero attached hydrogens (tertiary/aromatic N) is 1. The van der Waals surface area contributed by atoms with E-state index >= 15 is 0 Å². The smallest absolute Gasteiger partial charge is 0.349 e. The zero-order chi connectivity index (χ0) is 17.4. The minimum Gasteiger partial charge on any atom is -0.465 e. The van der Waals surface area contributed by atoms with Crippen LogP contribution < -0.4 is 5.32 Å². The number of carbonyl (C=O) groups is 2. The Bertz CT molecular complexity index is 768. The van der Waals surface area contributed by atoms with Crippen LogP contribution in [0.4, 0.5) is 5.69 Å². The molecule has 1 heterocycles. The monoisotopic (exact) mass is 324 g/mol. The van der Waals surface area contributed by atoms with Crippen LogP contribution in [0.3, 0.4) is 0 Å². The summed E-state index contributed by atoms with van der Waals surface area (Å²) in [6.07, 6.45) is 3.58. The fraction of sp³-hybridized carbons (Fsp3) is 0.167. The molecule has 1 N–H and O–H groups in total. The summed E-state index contributed by atoms with van der Waals surface area (Å²) in [5, 5.41) is 11.6. The first-order valence-electron chi connectivity index (χ1n) is 7.33. The highest BCUT2D eigenvalue weighted by Crippen LogP contribution is 2.11. The largest absolute Gasteiger partial charge is 0.465 e. The fourth-order valence-corrected chi connectivity index (χ4v) is 1.88. The predicted octanol–water partition coefficient (Wildman–Crippen LogP) is 2.93. The Labute approximate surface area is 139 Å². The first-order valence-corrected chi connectivity index (χ1v) is 7.33. The van der Waals surface area contributed by atoms with Crippen LogP contribution in [0.5, 0.6) is 0 Å². The number of hydrogen-bond donors (Lipinski definition) is 1. The van der Waals surface area contributed by atoms with Gasteiger partial charge in [-0.2, -0.15) is 5.26 Å². The van der Waals surface area contributed by atoms with E-state index in [0.29, 0.717) is 11.4 Å². The Kier molecular flexibility index (Phi) is 5.92. The molecule has 122 valence electrons. The second-order valence-electron chi connectivity index (χ2n) is 4.86. The average Bonchev–Trinajstić information content (AvgIpc) is 3.11. The lowest BCUT2D eigenvalue weighted by atomic mass is 10.1. The van der Waals surface area contributed by atoms with Crippen LogP contribution in [0.15, 0.2) is 52.7 Å². The van der Waals surface area contributed by atoms with Gasteiger partial charge in [-0.3, -0.25) is 4.79 Å². The number of nitriles is 1. The topological polar surface area (TPSA) is 92.3 Å². The maximum Gasteiger partial charge on any atom is 0.349 e. The molecule has 24 heavy (non-hydrogen) atoms. The third-order valence-corrected chi connectivity index (χ3v) is 3.15. The van der Waals surface area contributed by atoms with Crippen LogP contribution in [0.25, 0.3) is 6.08 Å². The van der Waals surface area contributed by atoms with E-state index in [4.69, 9.17) is 14.4 Å². The van der Waals surface area contributed by atoms with Crippen LogP contribution in [-0.2, 0) is 20.7 Å². The molecule has 0 aliphatic carbocycles. The van der Waals surface area contributed by atoms with Crippen molar-refractivity contribution in [3.8, 4) is 6.07 Å². The third kappa shape index (κ3) is 4.85. The predicted molar refractivity (Wildman–Crippen MR) is 87.7 cm³/mol. The Balaban J connectivity index is 1.88. The summed E-state index contributed by atoms with van der Waals surface area (Å²) in [6, 6.07) is 12.3. The van der Waals surface area contributed by atoms with Gasteiger partial charge in [-0.25, -0.2) is 4.79 Å². The third-order valence-electron chi connectivity index (χ3n) is 3.15. The Morgan fingerprint density at radius 1 is 1.29 bits per heavy atom. The van der Waals surface area contributed by atoms with Crippen molar-refractivity contribution in [3.63, 3.8) is 0 Å². The first-order chi connectivity index (χ1) is 11.6. The molecular formula is C18H16N2O4. The molecule has 0 aliphatic rings. The van der Waals surface area contributed by atoms with E-state index in [1.54, 1.807) is 30.3 Å². The highest BCUT2D eigenvalue weighted by molar-refractivity contribution is 5.99. The van der Waals surface area contributed by atoms with Crippen LogP contribution in [0.1, 0.15) is 18.2 Å². The van der Waals surface area contributed by atoms with Crippen LogP contribution in [0, 0.1) is 11.3 Å². The maximum absolute atomic E-state index is 11.8. The Hall–Kier alpha value is -3.33. The fourth-order valence-electron chi connectivity index (χ4n) is 1.88. The standard InChI is InChI=1S/C18H16N2O4/c1-2-13-5-7-15(8-6-13)20-17(21)12-24-18(22)14(11-19)10-16-4-3-9-23-16/h3-10H,2,12H2,1H3,(H,20,21)/b14-10+. The van der Waals surface area contributed by atoms with Gasteiger partial charge in [0.2, 0.25) is 0 Å². The van der Waals surface area contributed by atoms with Gasteiger partial charge in [-0.05, 0) is 36.2 Å². The number of amides is 1. The molecule has 6 nitrogen and oxygen atoms in total. The van der Waals surface area contributed by atoms with Crippen molar-refractivity contribution in [2.45, 2.75) is 13.3 Å². The zero-order valence-electron chi connectivity index (χ0n) is 13.1. The molecule has 0 aliphatic heterocycles. The molecule has 0 atom stereocenters. The minimum absolute atomic E-state index is 0.245. The molecule has 0 fully saturated rings. The van der Waals surface area contributed by atoms with Crippen molar-refractivity contribution < 1.29 is 18.7 Å². The van der Waals surface area contributed by atoms with E-state index in [0.717, 1.165) is 12.0 Å². The summed E-state index contributed by atoms with van der Waals surface area (Å²) in [5.74, 6) is -1.02. The van der Waals surface area contributed by atoms with Crippen molar-refractivity contribution in [2.75, 3.05) is 11.9 Å². The van der Waals surface area contributed by atoms with Gasteiger partial charge in [0.25, 0.3) is 5.91 Å². The summed E-state index contributed by atoms with van der Waals surface area (Å²) >= 11 is 0. The minimum atomic E-state index is -0.884. The number of hydrogen-bond acceptors (Lipinski definition) is 5. The van der Waals surface area contributed by atoms with Gasteiger partial charge in [-0.1, -0.05) is 19.1 Å². The zero-order valence-corrected chi connectivity index (χ0v) is 13.1. The molecule has 2 rings (SSSR count). The van der Waals surface area contributed by atoms with E-state index in [-0.39, 0.29) is 5.57 Å². The van der Waals surface area contributed by atoms with Crippen LogP contribution in [-0.4, -0.2) is 18.5 Å². The quantitative estimate of drug-likeness (QED) is 0.501. The number of aryl methyl sites for hydroxylation is 1. The highest BCUT2D eigenvalue weighted by Gasteiger charge is 2.14. The van der Waals surface area contributed by atoms with E-state index in [1.165, 1.54) is 12.3 Å². The molecule has 1 aromatic carbocycles. The SMILES string of the molecule is CCc1ccc(NC(=O)COC(=O)/C(C#N)=C/c2ccco2)cc1. The lowest BCUT2D eigenvalue weighted by Crippen LogP contribution is -2.21. The van der Waals surface area contributed by atoms with E-state index in [9.17, 15) is 9.59 Å². The summed E-state index contributed by atoms with van der Waals surface area (Å²) in [4.78, 5) is 23.6. The molecule has 0 radical (unpaired) electrons. The average molecular weight is 324 g/mol. The molecule has 0 spiro atoms. The number of furan rings is 1. The molecule has 0 bridgehead atoms. The second kappa shape index (κ2) is 8.34. The number of esters is 1. The van der Waals surface area contributed by atoms with Crippen molar-refractivity contribution in [2.24, 2.45) is 0 Å². The van der Waals surface area contributed by atoms with Gasteiger partial charge in [0, 0.05) is 11.8 Å². The number of nitrogens with one attached hydrogen (secondary N) is 1. The van der Waals surface area contributed by atoms with E-state index in [1.807, 2.05) is 19.1 Å². The van der Waals surface area contributed by atoms with E-state index in [2.05, 4.69) is 5.32 Å². The summed E-state index contributed by atoms with van der Waals surface area (Å²) in [6.45, 7) is 1.56. The molecule has 0 saturated carbocycles. The van der Waals surface area contributed by atoms with Gasteiger partial charge < -0.3 is 14.5 Å². The molecule has 6 heteroatoms. The molecule has 0 unspecified atom stereocenters. The van der Waals surface area contributed by atoms with Gasteiger partial charge in [-0.15, -0.1) is 0 Å². The number of rotatable bonds is 6. The number of benzene rings is 1. The lowest BCUT2D eigenvalue weighted by molar-refractivity contribution is -0.142. The summed E-state index contributed by atoms with van der Waals surface area (Å²) in [7, 11) is 0. The van der Waals surface area contributed by atoms with Gasteiger partial charge in [0.1, 0.15) is 17.4 Å². The van der Waals surface area contributed by atoms with Crippen molar-refractivity contribution in [3.05, 3.63) is 59.6 Å². The van der Waals surface area contributed by atoms with E-state index < -0.39 is 18.5 Å². The Morgan fingerprint density at radius 2 is 2.04 bits per heavy atom. The summed E-state index contributed by atoms with van der Waals surface area (Å²) in [5.41, 5.74) is 1.52. The number of ether oxygens (including phenoxy) is 1. The highest BCUT2D eigenvalue weighted by atomic mass is 16.5. The number of anilines is 1. The van der Waals surface area contributed by atoms with Crippen LogP contribution >= 0.6 is 0 Å². The van der Waals surface area contributed by atoms with Gasteiger partial charge >= 0.3 is 5.97 Å². The van der Waals surface area contributed by atoms with Gasteiger partial charge in [0.05, 0.1) is 6.26 Å². The summed E-state index contributed by atoms with van der Waals surface area (Å²) < 4.78 is 9.86. The molecule has 1 amide bonds. The van der Waals surface area contributed by atoms with Crippen molar-refractivity contribution >= 4 is 23.6 Å². The first kappa shape index (κ1) is 17.0. The molecule has 0 saturated heterocycles. The normalized spacial score (nSPS) is 10.8.